The molecule has 0 aromatic heterocycles. The van der Waals surface area contributed by atoms with Crippen LogP contribution in [0.15, 0.2) is 78.0 Å². The minimum absolute atomic E-state index is 0.456. The second-order valence-electron chi connectivity index (χ2n) is 7.56. The van der Waals surface area contributed by atoms with Crippen molar-refractivity contribution in [2.45, 2.75) is 24.9 Å². The lowest BCUT2D eigenvalue weighted by Crippen LogP contribution is -2.18. The van der Waals surface area contributed by atoms with E-state index in [-0.39, 0.29) is 0 Å². The van der Waals surface area contributed by atoms with Gasteiger partial charge in [-0.05, 0) is 33.4 Å². The fraction of sp³-hybridized carbons (Fsp3) is 0.167. The van der Waals surface area contributed by atoms with Gasteiger partial charge in [-0.3, -0.25) is 0 Å². The summed E-state index contributed by atoms with van der Waals surface area (Å²) in [7, 11) is -0.891. The number of hydrogen-bond donors (Lipinski definition) is 0. The second-order valence-corrected chi connectivity index (χ2v) is 10.5. The van der Waals surface area contributed by atoms with Crippen molar-refractivity contribution in [3.63, 3.8) is 0 Å². The van der Waals surface area contributed by atoms with Crippen LogP contribution in [0.3, 0.4) is 0 Å². The lowest BCUT2D eigenvalue weighted by molar-refractivity contribution is 0.728. The number of fused-ring (bicyclic) bond motifs is 4. The molecule has 0 N–H and O–H groups in total. The van der Waals surface area contributed by atoms with Gasteiger partial charge in [0.15, 0.2) is 0 Å². The van der Waals surface area contributed by atoms with Crippen LogP contribution in [0.2, 0.25) is 13.1 Å². The summed E-state index contributed by atoms with van der Waals surface area (Å²) in [6.45, 7) is 4.94. The lowest BCUT2D eigenvalue weighted by Gasteiger charge is -2.27. The Kier molecular flexibility index (Phi) is 3.32. The molecule has 0 aliphatic heterocycles. The first-order valence-electron chi connectivity index (χ1n) is 9.24. The molecule has 0 spiro atoms. The Morgan fingerprint density at radius 1 is 0.600 bits per heavy atom. The highest BCUT2D eigenvalue weighted by atomic mass is 28.3. The average molecular weight is 339 g/mol. The van der Waals surface area contributed by atoms with Crippen molar-refractivity contribution in [3.05, 3.63) is 100 Å². The third-order valence-corrected chi connectivity index (χ3v) is 7.75. The molecule has 0 saturated heterocycles. The van der Waals surface area contributed by atoms with Crippen molar-refractivity contribution in [1.29, 1.82) is 0 Å². The normalized spacial score (nSPS) is 18.0. The Balaban J connectivity index is 1.77. The standard InChI is InChI=1S/C24H22Si/c1-25(2)22-15-16-9-3-4-10-17(16)24(22)23-20-13-7-5-11-18(20)19-12-6-8-14-21(19)23/h3-15,23-25H,1-2H3. The molecular formula is C24H22Si. The van der Waals surface area contributed by atoms with Crippen LogP contribution in [0.1, 0.15) is 34.1 Å². The summed E-state index contributed by atoms with van der Waals surface area (Å²) in [6, 6.07) is 27.1. The van der Waals surface area contributed by atoms with E-state index in [1.54, 1.807) is 5.20 Å². The molecule has 0 heterocycles. The van der Waals surface area contributed by atoms with E-state index >= 15 is 0 Å². The van der Waals surface area contributed by atoms with Crippen LogP contribution in [-0.2, 0) is 0 Å². The first-order chi connectivity index (χ1) is 12.3. The van der Waals surface area contributed by atoms with E-state index in [0.29, 0.717) is 11.8 Å². The number of allylic oxidation sites excluding steroid dienone is 1. The molecule has 0 nitrogen and oxygen atoms in total. The predicted molar refractivity (Wildman–Crippen MR) is 110 cm³/mol. The number of rotatable bonds is 2. The average Bonchev–Trinajstić information content (AvgIpc) is 3.17. The van der Waals surface area contributed by atoms with E-state index in [4.69, 9.17) is 0 Å². The van der Waals surface area contributed by atoms with E-state index in [9.17, 15) is 0 Å². The van der Waals surface area contributed by atoms with Gasteiger partial charge in [0.1, 0.15) is 0 Å². The van der Waals surface area contributed by atoms with Crippen molar-refractivity contribution >= 4 is 14.9 Å². The van der Waals surface area contributed by atoms with Gasteiger partial charge in [0, 0.05) is 11.8 Å². The lowest BCUT2D eigenvalue weighted by atomic mass is 9.81. The largest absolute Gasteiger partial charge is 0.0758 e. The molecule has 5 rings (SSSR count). The molecule has 2 aliphatic carbocycles. The van der Waals surface area contributed by atoms with Gasteiger partial charge in [-0.15, -0.1) is 0 Å². The zero-order valence-corrected chi connectivity index (χ0v) is 15.9. The van der Waals surface area contributed by atoms with Gasteiger partial charge < -0.3 is 0 Å². The number of benzene rings is 3. The first kappa shape index (κ1) is 14.9. The molecule has 0 amide bonds. The summed E-state index contributed by atoms with van der Waals surface area (Å²) >= 11 is 0. The van der Waals surface area contributed by atoms with Crippen LogP contribution < -0.4 is 0 Å². The Morgan fingerprint density at radius 2 is 1.12 bits per heavy atom. The van der Waals surface area contributed by atoms with Crippen LogP contribution in [0.5, 0.6) is 0 Å². The first-order valence-corrected chi connectivity index (χ1v) is 12.1. The predicted octanol–water partition coefficient (Wildman–Crippen LogP) is 6.01. The highest BCUT2D eigenvalue weighted by Crippen LogP contribution is 2.55. The molecular weight excluding hydrogens is 316 g/mol. The van der Waals surface area contributed by atoms with E-state index < -0.39 is 8.80 Å². The molecule has 2 aliphatic rings. The molecule has 0 fully saturated rings. The van der Waals surface area contributed by atoms with Crippen LogP contribution in [0.25, 0.3) is 17.2 Å². The zero-order chi connectivity index (χ0) is 17.0. The minimum atomic E-state index is -0.891. The third-order valence-electron chi connectivity index (χ3n) is 5.89. The van der Waals surface area contributed by atoms with Gasteiger partial charge in [-0.1, -0.05) is 97.2 Å². The quantitative estimate of drug-likeness (QED) is 0.502. The SMILES string of the molecule is C[SiH](C)C1=Cc2ccccc2C1C1c2ccccc2-c2ccccc21. The summed E-state index contributed by atoms with van der Waals surface area (Å²) < 4.78 is 0. The van der Waals surface area contributed by atoms with Crippen molar-refractivity contribution in [3.8, 4) is 11.1 Å². The fourth-order valence-electron chi connectivity index (χ4n) is 4.83. The summed E-state index contributed by atoms with van der Waals surface area (Å²) in [5, 5.41) is 1.71. The second kappa shape index (κ2) is 5.57. The van der Waals surface area contributed by atoms with Crippen molar-refractivity contribution in [2.75, 3.05) is 0 Å². The van der Waals surface area contributed by atoms with E-state index in [1.807, 2.05) is 0 Å². The van der Waals surface area contributed by atoms with Crippen LogP contribution >= 0.6 is 0 Å². The molecule has 0 bridgehead atoms. The Hall–Kier alpha value is -2.38. The van der Waals surface area contributed by atoms with E-state index in [0.717, 1.165) is 0 Å². The summed E-state index contributed by atoms with van der Waals surface area (Å²) in [5.41, 5.74) is 8.83. The Labute approximate surface area is 151 Å². The maximum absolute atomic E-state index is 2.50. The van der Waals surface area contributed by atoms with Gasteiger partial charge in [0.05, 0.1) is 8.80 Å². The third kappa shape index (κ3) is 2.12. The molecule has 3 aromatic rings. The highest BCUT2D eigenvalue weighted by molar-refractivity contribution is 6.65. The van der Waals surface area contributed by atoms with Crippen molar-refractivity contribution in [1.82, 2.24) is 0 Å². The smallest absolute Gasteiger partial charge is 0.0604 e. The van der Waals surface area contributed by atoms with E-state index in [1.165, 1.54) is 33.4 Å². The molecule has 1 unspecified atom stereocenters. The molecule has 3 aromatic carbocycles. The maximum Gasteiger partial charge on any atom is 0.0604 e. The van der Waals surface area contributed by atoms with Crippen molar-refractivity contribution in [2.24, 2.45) is 0 Å². The number of hydrogen-bond acceptors (Lipinski definition) is 0. The maximum atomic E-state index is 2.50. The van der Waals surface area contributed by atoms with Crippen LogP contribution in [0.4, 0.5) is 0 Å². The van der Waals surface area contributed by atoms with Crippen molar-refractivity contribution < 1.29 is 0 Å². The molecule has 122 valence electrons. The molecule has 0 saturated carbocycles. The van der Waals surface area contributed by atoms with Crippen LogP contribution in [-0.4, -0.2) is 8.80 Å². The summed E-state index contributed by atoms with van der Waals surface area (Å²) in [5.74, 6) is 0.963. The Bertz CT molecular complexity index is 951. The summed E-state index contributed by atoms with van der Waals surface area (Å²) in [6.07, 6.45) is 2.50. The molecule has 25 heavy (non-hydrogen) atoms. The van der Waals surface area contributed by atoms with Gasteiger partial charge >= 0.3 is 0 Å². The molecule has 0 radical (unpaired) electrons. The van der Waals surface area contributed by atoms with Gasteiger partial charge in [-0.25, -0.2) is 0 Å². The van der Waals surface area contributed by atoms with E-state index in [2.05, 4.69) is 92.0 Å². The summed E-state index contributed by atoms with van der Waals surface area (Å²) in [4.78, 5) is 0. The van der Waals surface area contributed by atoms with Gasteiger partial charge in [-0.2, -0.15) is 0 Å². The minimum Gasteiger partial charge on any atom is -0.0758 e. The topological polar surface area (TPSA) is 0 Å². The highest BCUT2D eigenvalue weighted by Gasteiger charge is 2.40. The van der Waals surface area contributed by atoms with Gasteiger partial charge in [0.25, 0.3) is 0 Å². The van der Waals surface area contributed by atoms with Gasteiger partial charge in [0.2, 0.25) is 0 Å². The molecule has 1 heteroatoms. The fourth-order valence-corrected chi connectivity index (χ4v) is 6.43. The zero-order valence-electron chi connectivity index (χ0n) is 14.7. The monoisotopic (exact) mass is 338 g/mol. The molecule has 1 atom stereocenters. The Morgan fingerprint density at radius 3 is 1.72 bits per heavy atom. The van der Waals surface area contributed by atoms with Crippen LogP contribution in [0, 0.1) is 0 Å².